The molecule has 0 atom stereocenters. The van der Waals surface area contributed by atoms with Gasteiger partial charge < -0.3 is 19.1 Å². The number of benzene rings is 2. The summed E-state index contributed by atoms with van der Waals surface area (Å²) in [7, 11) is 1.68. The standard InChI is InChI=1S/C27H33N5O3/c1-20-3-5-21(6-4-20)26-28-25(35-29-26)19-30-13-11-22(12-14-30)27(33)32-17-15-31(16-18-32)23-7-9-24(34-2)10-8-23/h3-10,22H,11-19H2,1-2H3. The SMILES string of the molecule is COc1ccc(N2CCN(C(=O)C3CCN(Cc4nc(-c5ccc(C)cc5)no4)CC3)CC2)cc1. The molecule has 0 aliphatic carbocycles. The number of amides is 1. The second-order valence-corrected chi connectivity index (χ2v) is 9.44. The van der Waals surface area contributed by atoms with Gasteiger partial charge in [0.2, 0.25) is 17.6 Å². The number of nitrogens with zero attached hydrogens (tertiary/aromatic N) is 5. The van der Waals surface area contributed by atoms with Gasteiger partial charge in [0.1, 0.15) is 5.75 Å². The summed E-state index contributed by atoms with van der Waals surface area (Å²) in [6.45, 7) is 7.68. The van der Waals surface area contributed by atoms with Crippen molar-refractivity contribution in [3.63, 3.8) is 0 Å². The highest BCUT2D eigenvalue weighted by atomic mass is 16.5. The molecule has 184 valence electrons. The first-order chi connectivity index (χ1) is 17.1. The molecule has 8 heteroatoms. The van der Waals surface area contributed by atoms with Gasteiger partial charge in [-0.05, 0) is 57.1 Å². The van der Waals surface area contributed by atoms with E-state index in [0.29, 0.717) is 24.2 Å². The van der Waals surface area contributed by atoms with Gasteiger partial charge in [0.05, 0.1) is 13.7 Å². The third-order valence-electron chi connectivity index (χ3n) is 7.10. The second-order valence-electron chi connectivity index (χ2n) is 9.44. The van der Waals surface area contributed by atoms with E-state index in [2.05, 4.69) is 39.0 Å². The maximum Gasteiger partial charge on any atom is 0.241 e. The van der Waals surface area contributed by atoms with Gasteiger partial charge in [-0.25, -0.2) is 0 Å². The maximum atomic E-state index is 13.2. The molecule has 5 rings (SSSR count). The van der Waals surface area contributed by atoms with Gasteiger partial charge in [0.15, 0.2) is 0 Å². The summed E-state index contributed by atoms with van der Waals surface area (Å²) >= 11 is 0. The lowest BCUT2D eigenvalue weighted by Crippen LogP contribution is -2.51. The van der Waals surface area contributed by atoms with E-state index in [1.54, 1.807) is 7.11 Å². The lowest BCUT2D eigenvalue weighted by Gasteiger charge is -2.39. The molecule has 0 saturated carbocycles. The predicted octanol–water partition coefficient (Wildman–Crippen LogP) is 3.61. The number of ether oxygens (including phenoxy) is 1. The Kier molecular flexibility index (Phi) is 6.99. The lowest BCUT2D eigenvalue weighted by molar-refractivity contribution is -0.137. The van der Waals surface area contributed by atoms with Gasteiger partial charge in [-0.2, -0.15) is 4.98 Å². The number of rotatable bonds is 6. The van der Waals surface area contributed by atoms with Crippen LogP contribution in [0.1, 0.15) is 24.3 Å². The highest BCUT2D eigenvalue weighted by Crippen LogP contribution is 2.25. The van der Waals surface area contributed by atoms with E-state index in [1.807, 2.05) is 41.3 Å². The second kappa shape index (κ2) is 10.5. The topological polar surface area (TPSA) is 74.9 Å². The molecule has 35 heavy (non-hydrogen) atoms. The van der Waals surface area contributed by atoms with Crippen LogP contribution in [0.5, 0.6) is 5.75 Å². The number of piperidine rings is 1. The number of hydrogen-bond donors (Lipinski definition) is 0. The molecular formula is C27H33N5O3. The summed E-state index contributed by atoms with van der Waals surface area (Å²) in [6.07, 6.45) is 1.74. The zero-order valence-electron chi connectivity index (χ0n) is 20.5. The van der Waals surface area contributed by atoms with Crippen molar-refractivity contribution in [1.29, 1.82) is 0 Å². The molecule has 2 saturated heterocycles. The van der Waals surface area contributed by atoms with Crippen LogP contribution in [0.15, 0.2) is 53.1 Å². The van der Waals surface area contributed by atoms with E-state index in [1.165, 1.54) is 11.3 Å². The van der Waals surface area contributed by atoms with Crippen molar-refractivity contribution < 1.29 is 14.1 Å². The van der Waals surface area contributed by atoms with Gasteiger partial charge in [0.25, 0.3) is 0 Å². The van der Waals surface area contributed by atoms with E-state index in [4.69, 9.17) is 9.26 Å². The van der Waals surface area contributed by atoms with E-state index in [9.17, 15) is 4.79 Å². The zero-order valence-corrected chi connectivity index (χ0v) is 20.5. The molecule has 1 amide bonds. The number of anilines is 1. The first kappa shape index (κ1) is 23.4. The van der Waals surface area contributed by atoms with Crippen molar-refractivity contribution in [2.45, 2.75) is 26.3 Å². The smallest absolute Gasteiger partial charge is 0.241 e. The van der Waals surface area contributed by atoms with Crippen molar-refractivity contribution >= 4 is 11.6 Å². The van der Waals surface area contributed by atoms with Crippen LogP contribution >= 0.6 is 0 Å². The van der Waals surface area contributed by atoms with Crippen molar-refractivity contribution in [2.75, 3.05) is 51.3 Å². The van der Waals surface area contributed by atoms with Crippen molar-refractivity contribution in [1.82, 2.24) is 19.9 Å². The highest BCUT2D eigenvalue weighted by Gasteiger charge is 2.31. The van der Waals surface area contributed by atoms with E-state index in [-0.39, 0.29) is 5.92 Å². The fraction of sp³-hybridized carbons (Fsp3) is 0.444. The number of carbonyl (C=O) groups excluding carboxylic acids is 1. The fourth-order valence-electron chi connectivity index (χ4n) is 4.90. The molecule has 2 fully saturated rings. The van der Waals surface area contributed by atoms with E-state index in [0.717, 1.165) is 63.4 Å². The summed E-state index contributed by atoms with van der Waals surface area (Å²) in [6, 6.07) is 16.3. The van der Waals surface area contributed by atoms with Gasteiger partial charge in [0, 0.05) is 43.3 Å². The summed E-state index contributed by atoms with van der Waals surface area (Å²) in [5, 5.41) is 4.14. The molecule has 2 aromatic carbocycles. The van der Waals surface area contributed by atoms with E-state index < -0.39 is 0 Å². The Balaban J connectivity index is 1.08. The Labute approximate surface area is 206 Å². The molecule has 0 bridgehead atoms. The van der Waals surface area contributed by atoms with Crippen LogP contribution in [0.25, 0.3) is 11.4 Å². The molecule has 0 radical (unpaired) electrons. The molecule has 8 nitrogen and oxygen atoms in total. The largest absolute Gasteiger partial charge is 0.497 e. The lowest BCUT2D eigenvalue weighted by atomic mass is 9.95. The van der Waals surface area contributed by atoms with Crippen LogP contribution in [-0.4, -0.2) is 72.2 Å². The fourth-order valence-corrected chi connectivity index (χ4v) is 4.90. The quantitative estimate of drug-likeness (QED) is 0.539. The Morgan fingerprint density at radius 3 is 2.31 bits per heavy atom. The van der Waals surface area contributed by atoms with Crippen molar-refractivity contribution in [3.8, 4) is 17.1 Å². The molecule has 1 aromatic heterocycles. The van der Waals surface area contributed by atoms with Gasteiger partial charge >= 0.3 is 0 Å². The molecule has 0 unspecified atom stereocenters. The van der Waals surface area contributed by atoms with Crippen molar-refractivity contribution in [2.24, 2.45) is 5.92 Å². The number of piperazine rings is 1. The molecule has 2 aliphatic rings. The Morgan fingerprint density at radius 1 is 0.971 bits per heavy atom. The number of carbonyl (C=O) groups is 1. The minimum absolute atomic E-state index is 0.101. The average molecular weight is 476 g/mol. The van der Waals surface area contributed by atoms with Crippen LogP contribution in [0, 0.1) is 12.8 Å². The molecule has 0 spiro atoms. The summed E-state index contributed by atoms with van der Waals surface area (Å²) in [4.78, 5) is 24.4. The molecule has 0 N–H and O–H groups in total. The van der Waals surface area contributed by atoms with Crippen LogP contribution in [-0.2, 0) is 11.3 Å². The third-order valence-corrected chi connectivity index (χ3v) is 7.10. The van der Waals surface area contributed by atoms with Gasteiger partial charge in [-0.1, -0.05) is 35.0 Å². The zero-order chi connectivity index (χ0) is 24.2. The number of aromatic nitrogens is 2. The molecule has 2 aliphatic heterocycles. The molecule has 3 aromatic rings. The first-order valence-electron chi connectivity index (χ1n) is 12.4. The number of hydrogen-bond acceptors (Lipinski definition) is 7. The number of aryl methyl sites for hydroxylation is 1. The number of likely N-dealkylation sites (tertiary alicyclic amines) is 1. The average Bonchev–Trinajstić information content (AvgIpc) is 3.38. The molecule has 3 heterocycles. The minimum atomic E-state index is 0.101. The molecular weight excluding hydrogens is 442 g/mol. The Bertz CT molecular complexity index is 1110. The van der Waals surface area contributed by atoms with Crippen LogP contribution in [0.2, 0.25) is 0 Å². The van der Waals surface area contributed by atoms with Crippen LogP contribution in [0.4, 0.5) is 5.69 Å². The summed E-state index contributed by atoms with van der Waals surface area (Å²) in [5.41, 5.74) is 3.34. The highest BCUT2D eigenvalue weighted by molar-refractivity contribution is 5.79. The maximum absolute atomic E-state index is 13.2. The summed E-state index contributed by atoms with van der Waals surface area (Å²) < 4.78 is 10.7. The normalized spacial score (nSPS) is 17.5. The Hall–Kier alpha value is -3.39. The van der Waals surface area contributed by atoms with Crippen LogP contribution < -0.4 is 9.64 Å². The summed E-state index contributed by atoms with van der Waals surface area (Å²) in [5.74, 6) is 2.52. The predicted molar refractivity (Wildman–Crippen MR) is 134 cm³/mol. The first-order valence-corrected chi connectivity index (χ1v) is 12.4. The Morgan fingerprint density at radius 2 is 1.66 bits per heavy atom. The minimum Gasteiger partial charge on any atom is -0.497 e. The monoisotopic (exact) mass is 475 g/mol. The third kappa shape index (κ3) is 5.48. The van der Waals surface area contributed by atoms with Gasteiger partial charge in [-0.3, -0.25) is 9.69 Å². The number of methoxy groups -OCH3 is 1. The van der Waals surface area contributed by atoms with Crippen molar-refractivity contribution in [3.05, 3.63) is 60.0 Å². The van der Waals surface area contributed by atoms with Crippen LogP contribution in [0.3, 0.4) is 0 Å². The van der Waals surface area contributed by atoms with E-state index >= 15 is 0 Å². The van der Waals surface area contributed by atoms with Gasteiger partial charge in [-0.15, -0.1) is 0 Å².